The highest BCUT2D eigenvalue weighted by atomic mass is 16.4. The third kappa shape index (κ3) is 4.09. The van der Waals surface area contributed by atoms with E-state index < -0.39 is 12.0 Å². The molecule has 0 aromatic heterocycles. The summed E-state index contributed by atoms with van der Waals surface area (Å²) in [7, 11) is 0. The van der Waals surface area contributed by atoms with E-state index in [1.165, 1.54) is 0 Å². The van der Waals surface area contributed by atoms with E-state index in [0.717, 1.165) is 6.42 Å². The predicted octanol–water partition coefficient (Wildman–Crippen LogP) is 0.625. The van der Waals surface area contributed by atoms with Crippen LogP contribution in [0.4, 0.5) is 0 Å². The summed E-state index contributed by atoms with van der Waals surface area (Å²) in [6.45, 7) is 5.81. The van der Waals surface area contributed by atoms with Crippen molar-refractivity contribution in [1.29, 1.82) is 0 Å². The third-order valence-electron chi connectivity index (χ3n) is 1.17. The van der Waals surface area contributed by atoms with Gasteiger partial charge in [0.05, 0.1) is 0 Å². The lowest BCUT2D eigenvalue weighted by Crippen LogP contribution is -2.34. The molecule has 0 saturated carbocycles. The molecule has 3 heteroatoms. The molecule has 0 unspecified atom stereocenters. The van der Waals surface area contributed by atoms with Crippen molar-refractivity contribution in [3.63, 3.8) is 0 Å². The first-order chi connectivity index (χ1) is 4.68. The van der Waals surface area contributed by atoms with Gasteiger partial charge in [0.15, 0.2) is 0 Å². The van der Waals surface area contributed by atoms with Crippen LogP contribution in [-0.2, 0) is 4.79 Å². The summed E-state index contributed by atoms with van der Waals surface area (Å²) >= 11 is 0. The minimum atomic E-state index is -0.816. The molecule has 1 atom stereocenters. The first-order valence-corrected chi connectivity index (χ1v) is 3.25. The maximum absolute atomic E-state index is 10.2. The lowest BCUT2D eigenvalue weighted by molar-refractivity contribution is -0.138. The fraction of sp³-hybridized carbons (Fsp3) is 0.571. The van der Waals surface area contributed by atoms with E-state index in [-0.39, 0.29) is 0 Å². The molecule has 0 aliphatic rings. The summed E-state index contributed by atoms with van der Waals surface area (Å²) in [5, 5.41) is 11.2. The molecule has 10 heavy (non-hydrogen) atoms. The van der Waals surface area contributed by atoms with Crippen molar-refractivity contribution in [1.82, 2.24) is 5.32 Å². The van der Waals surface area contributed by atoms with Gasteiger partial charge in [0.1, 0.15) is 6.04 Å². The van der Waals surface area contributed by atoms with Crippen LogP contribution in [-0.4, -0.2) is 23.7 Å². The SMILES string of the molecule is C=CCCN[C@@H](C)C(=O)O. The van der Waals surface area contributed by atoms with Gasteiger partial charge in [0.2, 0.25) is 0 Å². The quantitative estimate of drug-likeness (QED) is 0.438. The number of rotatable bonds is 5. The normalized spacial score (nSPS) is 12.5. The molecule has 0 saturated heterocycles. The van der Waals surface area contributed by atoms with Gasteiger partial charge in [0.25, 0.3) is 0 Å². The van der Waals surface area contributed by atoms with E-state index in [2.05, 4.69) is 11.9 Å². The van der Waals surface area contributed by atoms with Gasteiger partial charge in [-0.15, -0.1) is 6.58 Å². The van der Waals surface area contributed by atoms with Gasteiger partial charge in [-0.05, 0) is 19.9 Å². The molecule has 0 aromatic carbocycles. The zero-order valence-corrected chi connectivity index (χ0v) is 6.13. The molecule has 0 amide bonds. The van der Waals surface area contributed by atoms with Gasteiger partial charge in [-0.1, -0.05) is 6.08 Å². The van der Waals surface area contributed by atoms with Crippen molar-refractivity contribution >= 4 is 5.97 Å². The summed E-state index contributed by atoms with van der Waals surface area (Å²) < 4.78 is 0. The number of nitrogens with one attached hydrogen (secondary N) is 1. The molecule has 0 heterocycles. The summed E-state index contributed by atoms with van der Waals surface area (Å²) in [5.41, 5.74) is 0. The third-order valence-corrected chi connectivity index (χ3v) is 1.17. The smallest absolute Gasteiger partial charge is 0.320 e. The van der Waals surface area contributed by atoms with Gasteiger partial charge in [-0.25, -0.2) is 0 Å². The minimum absolute atomic E-state index is 0.458. The van der Waals surface area contributed by atoms with E-state index in [0.29, 0.717) is 6.54 Å². The Balaban J connectivity index is 3.30. The average Bonchev–Trinajstić information content (AvgIpc) is 1.88. The molecular weight excluding hydrogens is 130 g/mol. The van der Waals surface area contributed by atoms with E-state index in [1.807, 2.05) is 0 Å². The fourth-order valence-electron chi connectivity index (χ4n) is 0.489. The van der Waals surface area contributed by atoms with Crippen molar-refractivity contribution in [3.05, 3.63) is 12.7 Å². The second-order valence-corrected chi connectivity index (χ2v) is 2.09. The number of hydrogen-bond acceptors (Lipinski definition) is 2. The van der Waals surface area contributed by atoms with Crippen LogP contribution >= 0.6 is 0 Å². The van der Waals surface area contributed by atoms with Crippen molar-refractivity contribution in [2.45, 2.75) is 19.4 Å². The number of carbonyl (C=O) groups is 1. The molecule has 2 N–H and O–H groups in total. The van der Waals surface area contributed by atoms with Crippen molar-refractivity contribution in [2.24, 2.45) is 0 Å². The van der Waals surface area contributed by atoms with E-state index in [1.54, 1.807) is 13.0 Å². The van der Waals surface area contributed by atoms with Crippen molar-refractivity contribution in [2.75, 3.05) is 6.54 Å². The molecule has 0 bridgehead atoms. The summed E-state index contributed by atoms with van der Waals surface area (Å²) in [4.78, 5) is 10.2. The molecule has 3 nitrogen and oxygen atoms in total. The topological polar surface area (TPSA) is 49.3 Å². The lowest BCUT2D eigenvalue weighted by atomic mass is 10.3. The van der Waals surface area contributed by atoms with Crippen LogP contribution in [0.1, 0.15) is 13.3 Å². The molecule has 0 aromatic rings. The van der Waals surface area contributed by atoms with E-state index in [4.69, 9.17) is 5.11 Å². The monoisotopic (exact) mass is 143 g/mol. The van der Waals surface area contributed by atoms with Gasteiger partial charge in [-0.2, -0.15) is 0 Å². The number of carboxylic acids is 1. The second-order valence-electron chi connectivity index (χ2n) is 2.09. The van der Waals surface area contributed by atoms with E-state index >= 15 is 0 Å². The molecule has 58 valence electrons. The number of aliphatic carboxylic acids is 1. The highest BCUT2D eigenvalue weighted by Crippen LogP contribution is 1.82. The highest BCUT2D eigenvalue weighted by molar-refractivity contribution is 5.72. The zero-order chi connectivity index (χ0) is 7.98. The lowest BCUT2D eigenvalue weighted by Gasteiger charge is -2.06. The summed E-state index contributed by atoms with van der Waals surface area (Å²) in [6.07, 6.45) is 2.55. The Bertz CT molecular complexity index is 123. The Morgan fingerprint density at radius 3 is 2.90 bits per heavy atom. The van der Waals surface area contributed by atoms with Crippen LogP contribution in [0.5, 0.6) is 0 Å². The number of carboxylic acid groups (broad SMARTS) is 1. The summed E-state index contributed by atoms with van der Waals surface area (Å²) in [6, 6.07) is -0.458. The van der Waals surface area contributed by atoms with Crippen LogP contribution in [0.15, 0.2) is 12.7 Å². The first kappa shape index (κ1) is 9.17. The van der Waals surface area contributed by atoms with E-state index in [9.17, 15) is 4.79 Å². The number of hydrogen-bond donors (Lipinski definition) is 2. The van der Waals surface area contributed by atoms with Crippen LogP contribution in [0.2, 0.25) is 0 Å². The largest absolute Gasteiger partial charge is 0.480 e. The Hall–Kier alpha value is -0.830. The molecule has 0 radical (unpaired) electrons. The Kier molecular flexibility index (Phi) is 4.58. The fourth-order valence-corrected chi connectivity index (χ4v) is 0.489. The van der Waals surface area contributed by atoms with Gasteiger partial charge < -0.3 is 10.4 Å². The van der Waals surface area contributed by atoms with Crippen molar-refractivity contribution in [3.8, 4) is 0 Å². The maximum Gasteiger partial charge on any atom is 0.320 e. The first-order valence-electron chi connectivity index (χ1n) is 3.25. The summed E-state index contributed by atoms with van der Waals surface area (Å²) in [5.74, 6) is -0.816. The second kappa shape index (κ2) is 4.99. The van der Waals surface area contributed by atoms with Gasteiger partial charge >= 0.3 is 5.97 Å². The Morgan fingerprint density at radius 1 is 1.90 bits per heavy atom. The molecule has 0 spiro atoms. The van der Waals surface area contributed by atoms with Crippen LogP contribution < -0.4 is 5.32 Å². The minimum Gasteiger partial charge on any atom is -0.480 e. The van der Waals surface area contributed by atoms with Crippen LogP contribution in [0.25, 0.3) is 0 Å². The Labute approximate surface area is 60.7 Å². The van der Waals surface area contributed by atoms with Crippen LogP contribution in [0, 0.1) is 0 Å². The molecule has 0 aliphatic carbocycles. The van der Waals surface area contributed by atoms with Crippen LogP contribution in [0.3, 0.4) is 0 Å². The van der Waals surface area contributed by atoms with Crippen molar-refractivity contribution < 1.29 is 9.90 Å². The molecule has 0 aliphatic heterocycles. The molecule has 0 rings (SSSR count). The Morgan fingerprint density at radius 2 is 2.50 bits per heavy atom. The zero-order valence-electron chi connectivity index (χ0n) is 6.13. The molecular formula is C7H13NO2. The van der Waals surface area contributed by atoms with Gasteiger partial charge in [-0.3, -0.25) is 4.79 Å². The maximum atomic E-state index is 10.2. The standard InChI is InChI=1S/C7H13NO2/c1-3-4-5-8-6(2)7(9)10/h3,6,8H,1,4-5H2,2H3,(H,9,10)/t6-/m0/s1. The predicted molar refractivity (Wildman–Crippen MR) is 39.9 cm³/mol. The molecule has 0 fully saturated rings. The van der Waals surface area contributed by atoms with Gasteiger partial charge in [0, 0.05) is 0 Å². The highest BCUT2D eigenvalue weighted by Gasteiger charge is 2.07. The average molecular weight is 143 g/mol.